The number of carbonyl (C=O) groups excluding carboxylic acids is 2. The average Bonchev–Trinajstić information content (AvgIpc) is 2.31. The lowest BCUT2D eigenvalue weighted by Gasteiger charge is -2.52. The number of carbonyl (C=O) groups is 2. The van der Waals surface area contributed by atoms with Crippen LogP contribution in [0.15, 0.2) is 12.3 Å². The van der Waals surface area contributed by atoms with E-state index in [2.05, 4.69) is 9.72 Å². The van der Waals surface area contributed by atoms with Gasteiger partial charge in [-0.25, -0.2) is 9.18 Å². The highest BCUT2D eigenvalue weighted by atomic mass is 19.1. The minimum atomic E-state index is -0.590. The molecule has 1 heterocycles. The minimum Gasteiger partial charge on any atom is -0.465 e. The maximum atomic E-state index is 13.9. The Morgan fingerprint density at radius 2 is 2.16 bits per heavy atom. The molecular formula is C14H14FNO3. The van der Waals surface area contributed by atoms with Gasteiger partial charge in [0.25, 0.3) is 0 Å². The van der Waals surface area contributed by atoms with Crippen molar-refractivity contribution in [2.24, 2.45) is 5.41 Å². The predicted octanol–water partition coefficient (Wildman–Crippen LogP) is 2.23. The Morgan fingerprint density at radius 1 is 1.47 bits per heavy atom. The smallest absolute Gasteiger partial charge is 0.339 e. The fraction of sp³-hybridized carbons (Fsp3) is 0.500. The monoisotopic (exact) mass is 263 g/mol. The highest BCUT2D eigenvalue weighted by molar-refractivity contribution is 5.89. The number of Topliss-reactive ketones (excluding diaryl/α,β-unsaturated/α-hetero) is 1. The molecule has 3 rings (SSSR count). The lowest BCUT2D eigenvalue weighted by atomic mass is 9.50. The zero-order valence-electron chi connectivity index (χ0n) is 10.6. The number of halogens is 1. The number of hydrogen-bond acceptors (Lipinski definition) is 4. The summed E-state index contributed by atoms with van der Waals surface area (Å²) in [7, 11) is 1.25. The van der Waals surface area contributed by atoms with Crippen molar-refractivity contribution < 1.29 is 18.7 Å². The number of aromatic nitrogens is 1. The largest absolute Gasteiger partial charge is 0.465 e. The molecule has 0 saturated heterocycles. The Kier molecular flexibility index (Phi) is 2.66. The van der Waals surface area contributed by atoms with Crippen molar-refractivity contribution in [2.75, 3.05) is 7.11 Å². The number of esters is 1. The second-order valence-corrected chi connectivity index (χ2v) is 5.58. The van der Waals surface area contributed by atoms with E-state index < -0.39 is 11.8 Å². The number of pyridine rings is 1. The van der Waals surface area contributed by atoms with Gasteiger partial charge in [-0.1, -0.05) is 0 Å². The molecule has 0 aliphatic heterocycles. The lowest BCUT2D eigenvalue weighted by molar-refractivity contribution is -0.139. The molecule has 2 saturated carbocycles. The van der Waals surface area contributed by atoms with E-state index in [0.717, 1.165) is 12.8 Å². The topological polar surface area (TPSA) is 56.3 Å². The van der Waals surface area contributed by atoms with Crippen molar-refractivity contribution in [1.82, 2.24) is 4.98 Å². The lowest BCUT2D eigenvalue weighted by Crippen LogP contribution is -2.47. The third kappa shape index (κ3) is 1.93. The van der Waals surface area contributed by atoms with Crippen LogP contribution in [0.5, 0.6) is 0 Å². The Morgan fingerprint density at radius 3 is 2.68 bits per heavy atom. The molecule has 0 unspecified atom stereocenters. The zero-order chi connectivity index (χ0) is 13.6. The summed E-state index contributed by atoms with van der Waals surface area (Å²) in [6, 6.07) is 1.17. The van der Waals surface area contributed by atoms with Gasteiger partial charge in [0, 0.05) is 25.0 Å². The quantitative estimate of drug-likeness (QED) is 0.768. The molecule has 19 heavy (non-hydrogen) atoms. The molecule has 2 aliphatic rings. The number of ether oxygens (including phenoxy) is 1. The van der Waals surface area contributed by atoms with Crippen LogP contribution in [-0.4, -0.2) is 23.8 Å². The molecule has 0 radical (unpaired) electrons. The Balaban J connectivity index is 1.73. The van der Waals surface area contributed by atoms with E-state index in [4.69, 9.17) is 0 Å². The summed E-state index contributed by atoms with van der Waals surface area (Å²) in [5.41, 5.74) is 0.644. The van der Waals surface area contributed by atoms with Crippen LogP contribution in [-0.2, 0) is 9.53 Å². The van der Waals surface area contributed by atoms with Crippen LogP contribution >= 0.6 is 0 Å². The fourth-order valence-electron chi connectivity index (χ4n) is 3.23. The summed E-state index contributed by atoms with van der Waals surface area (Å²) in [6.45, 7) is 0. The Bertz CT molecular complexity index is 554. The third-order valence-electron chi connectivity index (χ3n) is 4.18. The van der Waals surface area contributed by atoms with E-state index in [9.17, 15) is 14.0 Å². The van der Waals surface area contributed by atoms with Crippen molar-refractivity contribution >= 4 is 11.8 Å². The van der Waals surface area contributed by atoms with Gasteiger partial charge in [-0.05, 0) is 24.3 Å². The normalized spacial score (nSPS) is 20.8. The van der Waals surface area contributed by atoms with Crippen LogP contribution < -0.4 is 0 Å². The first kappa shape index (κ1) is 12.3. The van der Waals surface area contributed by atoms with Crippen LogP contribution in [0.1, 0.15) is 47.7 Å². The number of ketones is 1. The summed E-state index contributed by atoms with van der Waals surface area (Å²) in [5.74, 6) is -0.686. The van der Waals surface area contributed by atoms with E-state index in [1.165, 1.54) is 19.4 Å². The maximum absolute atomic E-state index is 13.9. The van der Waals surface area contributed by atoms with Crippen molar-refractivity contribution in [3.05, 3.63) is 29.3 Å². The predicted molar refractivity (Wildman–Crippen MR) is 64.2 cm³/mol. The van der Waals surface area contributed by atoms with E-state index in [-0.39, 0.29) is 16.9 Å². The molecule has 100 valence electrons. The minimum absolute atomic E-state index is 0.0693. The molecule has 0 bridgehead atoms. The van der Waals surface area contributed by atoms with Gasteiger partial charge in [-0.2, -0.15) is 0 Å². The SMILES string of the molecule is COC(=O)c1cnc(C2CC3(CC(=O)C3)C2)c(F)c1. The molecule has 0 aromatic carbocycles. The first-order chi connectivity index (χ1) is 9.03. The highest BCUT2D eigenvalue weighted by Gasteiger charge is 2.53. The maximum Gasteiger partial charge on any atom is 0.339 e. The standard InChI is InChI=1S/C14H14FNO3/c1-19-13(18)8-2-11(15)12(16-7-8)9-3-14(4-9)5-10(17)6-14/h2,7,9H,3-6H2,1H3. The van der Waals surface area contributed by atoms with E-state index >= 15 is 0 Å². The molecule has 5 heteroatoms. The molecule has 1 aromatic heterocycles. The number of hydrogen-bond donors (Lipinski definition) is 0. The summed E-state index contributed by atoms with van der Waals surface area (Å²) < 4.78 is 18.5. The molecule has 4 nitrogen and oxygen atoms in total. The van der Waals surface area contributed by atoms with Gasteiger partial charge in [-0.15, -0.1) is 0 Å². The zero-order valence-corrected chi connectivity index (χ0v) is 10.6. The van der Waals surface area contributed by atoms with Crippen LogP contribution in [0, 0.1) is 11.2 Å². The molecule has 2 aliphatic carbocycles. The molecule has 1 spiro atoms. The average molecular weight is 263 g/mol. The summed E-state index contributed by atoms with van der Waals surface area (Å²) in [4.78, 5) is 26.3. The first-order valence-corrected chi connectivity index (χ1v) is 6.28. The second kappa shape index (κ2) is 4.11. The van der Waals surface area contributed by atoms with Gasteiger partial charge < -0.3 is 4.74 Å². The van der Waals surface area contributed by atoms with Crippen LogP contribution in [0.3, 0.4) is 0 Å². The molecule has 0 N–H and O–H groups in total. The fourth-order valence-corrected chi connectivity index (χ4v) is 3.23. The molecule has 2 fully saturated rings. The second-order valence-electron chi connectivity index (χ2n) is 5.58. The van der Waals surface area contributed by atoms with Crippen LogP contribution in [0.25, 0.3) is 0 Å². The Labute approximate surface area is 110 Å². The van der Waals surface area contributed by atoms with Crippen molar-refractivity contribution in [3.63, 3.8) is 0 Å². The molecule has 0 amide bonds. The van der Waals surface area contributed by atoms with Crippen molar-refractivity contribution in [3.8, 4) is 0 Å². The van der Waals surface area contributed by atoms with E-state index in [0.29, 0.717) is 24.3 Å². The summed E-state index contributed by atoms with van der Waals surface area (Å²) >= 11 is 0. The van der Waals surface area contributed by atoms with E-state index in [1.54, 1.807) is 0 Å². The van der Waals surface area contributed by atoms with Gasteiger partial charge in [0.2, 0.25) is 0 Å². The van der Waals surface area contributed by atoms with E-state index in [1.807, 2.05) is 0 Å². The van der Waals surface area contributed by atoms with Crippen LogP contribution in [0.4, 0.5) is 4.39 Å². The Hall–Kier alpha value is -1.78. The number of nitrogens with zero attached hydrogens (tertiary/aromatic N) is 1. The van der Waals surface area contributed by atoms with Gasteiger partial charge >= 0.3 is 5.97 Å². The molecular weight excluding hydrogens is 249 g/mol. The van der Waals surface area contributed by atoms with Gasteiger partial charge in [0.15, 0.2) is 0 Å². The summed E-state index contributed by atoms with van der Waals surface area (Å²) in [6.07, 6.45) is 4.25. The molecule has 1 aromatic rings. The highest BCUT2D eigenvalue weighted by Crippen LogP contribution is 2.60. The first-order valence-electron chi connectivity index (χ1n) is 6.28. The van der Waals surface area contributed by atoms with Crippen molar-refractivity contribution in [2.45, 2.75) is 31.6 Å². The third-order valence-corrected chi connectivity index (χ3v) is 4.18. The van der Waals surface area contributed by atoms with Gasteiger partial charge in [0.05, 0.1) is 18.4 Å². The van der Waals surface area contributed by atoms with Crippen LogP contribution in [0.2, 0.25) is 0 Å². The number of rotatable bonds is 2. The van der Waals surface area contributed by atoms with Gasteiger partial charge in [-0.3, -0.25) is 9.78 Å². The molecule has 0 atom stereocenters. The van der Waals surface area contributed by atoms with Gasteiger partial charge in [0.1, 0.15) is 11.6 Å². The summed E-state index contributed by atoms with van der Waals surface area (Å²) in [5, 5.41) is 0. The number of methoxy groups -OCH3 is 1. The van der Waals surface area contributed by atoms with Crippen molar-refractivity contribution in [1.29, 1.82) is 0 Å².